The van der Waals surface area contributed by atoms with Gasteiger partial charge in [0.15, 0.2) is 0 Å². The number of hydrogen-bond acceptors (Lipinski definition) is 7. The average Bonchev–Trinajstić information content (AvgIpc) is 2.90. The van der Waals surface area contributed by atoms with Crippen LogP contribution in [0.1, 0.15) is 24.2 Å². The van der Waals surface area contributed by atoms with Crippen molar-refractivity contribution in [3.63, 3.8) is 0 Å². The number of aromatic hydroxyl groups is 2. The number of rotatable bonds is 7. The highest BCUT2D eigenvalue weighted by Gasteiger charge is 2.19. The Morgan fingerprint density at radius 1 is 0.730 bits per heavy atom. The lowest BCUT2D eigenvalue weighted by Gasteiger charge is -2.11. The first-order chi connectivity index (χ1) is 17.7. The zero-order valence-electron chi connectivity index (χ0n) is 21.2. The Morgan fingerprint density at radius 2 is 1.24 bits per heavy atom. The molecule has 0 aliphatic carbocycles. The maximum Gasteiger partial charge on any atom is 0.254 e. The molecular weight excluding hydrogens is 492 g/mol. The van der Waals surface area contributed by atoms with E-state index in [1.165, 1.54) is 13.1 Å². The third kappa shape index (κ3) is 5.71. The van der Waals surface area contributed by atoms with Crippen molar-refractivity contribution in [1.29, 1.82) is 0 Å². The molecule has 0 saturated heterocycles. The van der Waals surface area contributed by atoms with Crippen LogP contribution in [0.4, 0.5) is 11.4 Å². The van der Waals surface area contributed by atoms with Gasteiger partial charge < -0.3 is 26.2 Å². The second-order valence-electron chi connectivity index (χ2n) is 8.02. The summed E-state index contributed by atoms with van der Waals surface area (Å²) < 4.78 is 25.8. The van der Waals surface area contributed by atoms with E-state index in [9.17, 15) is 23.4 Å². The molecule has 9 nitrogen and oxygen atoms in total. The summed E-state index contributed by atoms with van der Waals surface area (Å²) in [5, 5.41) is 32.1. The Labute approximate surface area is 216 Å². The molecule has 0 aliphatic heterocycles. The van der Waals surface area contributed by atoms with E-state index in [0.29, 0.717) is 16.3 Å². The molecule has 0 spiro atoms. The summed E-state index contributed by atoms with van der Waals surface area (Å²) in [6, 6.07) is 17.5. The molecule has 0 saturated carbocycles. The number of anilines is 2. The minimum absolute atomic E-state index is 0.0200. The second-order valence-corrected chi connectivity index (χ2v) is 9.88. The minimum Gasteiger partial charge on any atom is -0.506 e. The maximum atomic E-state index is 11.8. The van der Waals surface area contributed by atoms with Gasteiger partial charge in [-0.2, -0.15) is 0 Å². The lowest BCUT2D eigenvalue weighted by molar-refractivity contribution is 0.0960. The van der Waals surface area contributed by atoms with Crippen molar-refractivity contribution in [3.05, 3.63) is 66.2 Å². The minimum atomic E-state index is -3.67. The van der Waals surface area contributed by atoms with Crippen molar-refractivity contribution in [2.24, 2.45) is 0 Å². The van der Waals surface area contributed by atoms with Crippen molar-refractivity contribution in [2.45, 2.75) is 18.7 Å². The first-order valence-corrected chi connectivity index (χ1v) is 13.3. The van der Waals surface area contributed by atoms with Crippen LogP contribution in [0.2, 0.25) is 0 Å². The van der Waals surface area contributed by atoms with Crippen LogP contribution in [0.5, 0.6) is 11.5 Å². The molecule has 10 heteroatoms. The Morgan fingerprint density at radius 3 is 1.73 bits per heavy atom. The zero-order valence-corrected chi connectivity index (χ0v) is 22.0. The number of amides is 1. The van der Waals surface area contributed by atoms with Crippen LogP contribution < -0.4 is 20.7 Å². The summed E-state index contributed by atoms with van der Waals surface area (Å²) in [7, 11) is -0.810. The second kappa shape index (κ2) is 11.8. The smallest absolute Gasteiger partial charge is 0.254 e. The fraction of sp³-hybridized carbons (Fsp3) is 0.222. The number of nitrogens with one attached hydrogen (secondary N) is 4. The normalized spacial score (nSPS) is 11.0. The number of hydrogen-bond donors (Lipinski definition) is 6. The average molecular weight is 525 g/mol. The third-order valence-electron chi connectivity index (χ3n) is 5.79. The molecule has 0 aliphatic rings. The fourth-order valence-corrected chi connectivity index (χ4v) is 4.83. The number of sulfonamides is 1. The van der Waals surface area contributed by atoms with E-state index in [0.717, 1.165) is 35.2 Å². The molecule has 0 radical (unpaired) electrons. The van der Waals surface area contributed by atoms with Crippen molar-refractivity contribution in [2.75, 3.05) is 37.8 Å². The Bertz CT molecular complexity index is 1540. The number of fused-ring (bicyclic) bond motifs is 2. The van der Waals surface area contributed by atoms with E-state index in [1.54, 1.807) is 37.4 Å². The largest absolute Gasteiger partial charge is 0.506 e. The Balaban J connectivity index is 0.000000206. The SMILES string of the molecule is CCNc1cccc2c(O)c(C(=O)NC)ccc12.CCNc1cccc2c(O)c(S(=O)(=O)NC)ccc12. The van der Waals surface area contributed by atoms with Crippen molar-refractivity contribution in [1.82, 2.24) is 10.0 Å². The van der Waals surface area contributed by atoms with Crippen molar-refractivity contribution >= 4 is 48.9 Å². The summed E-state index contributed by atoms with van der Waals surface area (Å²) >= 11 is 0. The van der Waals surface area contributed by atoms with Gasteiger partial charge in [0.05, 0.1) is 5.56 Å². The van der Waals surface area contributed by atoms with Crippen LogP contribution in [-0.2, 0) is 10.0 Å². The third-order valence-corrected chi connectivity index (χ3v) is 7.24. The van der Waals surface area contributed by atoms with Crippen LogP contribution in [-0.4, -0.2) is 51.7 Å². The summed E-state index contributed by atoms with van der Waals surface area (Å²) in [5.74, 6) is -0.499. The van der Waals surface area contributed by atoms with Crippen LogP contribution in [0.3, 0.4) is 0 Å². The molecule has 0 heterocycles. The number of benzene rings is 4. The van der Waals surface area contributed by atoms with E-state index in [-0.39, 0.29) is 22.3 Å². The summed E-state index contributed by atoms with van der Waals surface area (Å²) in [4.78, 5) is 11.5. The topological polar surface area (TPSA) is 140 Å². The van der Waals surface area contributed by atoms with Crippen LogP contribution in [0, 0.1) is 0 Å². The molecule has 0 bridgehead atoms. The predicted octanol–water partition coefficient (Wildman–Crippen LogP) is 4.22. The quantitative estimate of drug-likeness (QED) is 0.213. The number of carbonyl (C=O) groups excluding carboxylic acids is 1. The molecule has 4 aromatic carbocycles. The molecule has 0 unspecified atom stereocenters. The maximum absolute atomic E-state index is 11.8. The molecule has 4 aromatic rings. The van der Waals surface area contributed by atoms with Gasteiger partial charge in [-0.25, -0.2) is 13.1 Å². The van der Waals surface area contributed by atoms with Gasteiger partial charge in [-0.05, 0) is 45.2 Å². The van der Waals surface area contributed by atoms with E-state index >= 15 is 0 Å². The summed E-state index contributed by atoms with van der Waals surface area (Å²) in [6.07, 6.45) is 0. The highest BCUT2D eigenvalue weighted by Crippen LogP contribution is 2.35. The predicted molar refractivity (Wildman–Crippen MR) is 149 cm³/mol. The number of phenolic OH excluding ortho intramolecular Hbond substituents is 2. The molecule has 4 rings (SSSR count). The summed E-state index contributed by atoms with van der Waals surface area (Å²) in [6.45, 7) is 5.53. The molecule has 0 atom stereocenters. The highest BCUT2D eigenvalue weighted by molar-refractivity contribution is 7.89. The zero-order chi connectivity index (χ0) is 27.2. The Hall–Kier alpha value is -4.02. The molecule has 6 N–H and O–H groups in total. The van der Waals surface area contributed by atoms with Gasteiger partial charge in [0.1, 0.15) is 16.4 Å². The summed E-state index contributed by atoms with van der Waals surface area (Å²) in [5.41, 5.74) is 2.11. The molecule has 196 valence electrons. The van der Waals surface area contributed by atoms with Crippen LogP contribution in [0.25, 0.3) is 21.5 Å². The molecule has 1 amide bonds. The van der Waals surface area contributed by atoms with Crippen molar-refractivity contribution in [3.8, 4) is 11.5 Å². The first kappa shape index (κ1) is 27.6. The molecule has 37 heavy (non-hydrogen) atoms. The van der Waals surface area contributed by atoms with Gasteiger partial charge in [-0.15, -0.1) is 0 Å². The number of carbonyl (C=O) groups is 1. The molecule has 0 fully saturated rings. The lowest BCUT2D eigenvalue weighted by atomic mass is 10.0. The van der Waals surface area contributed by atoms with E-state index in [1.807, 2.05) is 38.1 Å². The molecule has 0 aromatic heterocycles. The van der Waals surface area contributed by atoms with E-state index in [4.69, 9.17) is 0 Å². The lowest BCUT2D eigenvalue weighted by Crippen LogP contribution is -2.18. The van der Waals surface area contributed by atoms with Gasteiger partial charge in [0.25, 0.3) is 5.91 Å². The van der Waals surface area contributed by atoms with Crippen molar-refractivity contribution < 1.29 is 23.4 Å². The monoisotopic (exact) mass is 524 g/mol. The van der Waals surface area contributed by atoms with Crippen LogP contribution >= 0.6 is 0 Å². The standard InChI is InChI=1S/C14H16N2O2.C13H16N2O3S/c1-3-16-12-6-4-5-10-9(12)7-8-11(13(10)17)14(18)15-2;1-3-15-11-6-4-5-10-9(11)7-8-12(13(10)16)19(17,18)14-2/h4-8,16-17H,3H2,1-2H3,(H,15,18);4-8,14-16H,3H2,1-2H3. The van der Waals surface area contributed by atoms with Gasteiger partial charge in [0, 0.05) is 53.1 Å². The van der Waals surface area contributed by atoms with E-state index in [2.05, 4.69) is 20.7 Å². The van der Waals surface area contributed by atoms with Gasteiger partial charge in [-0.1, -0.05) is 36.4 Å². The Kier molecular flexibility index (Phi) is 8.80. The first-order valence-electron chi connectivity index (χ1n) is 11.8. The van der Waals surface area contributed by atoms with Gasteiger partial charge >= 0.3 is 0 Å². The number of phenols is 2. The van der Waals surface area contributed by atoms with Crippen LogP contribution in [0.15, 0.2) is 65.6 Å². The fourth-order valence-electron chi connectivity index (χ4n) is 4.00. The van der Waals surface area contributed by atoms with Gasteiger partial charge in [-0.3, -0.25) is 4.79 Å². The molecular formula is C27H32N4O5S. The highest BCUT2D eigenvalue weighted by atomic mass is 32.2. The van der Waals surface area contributed by atoms with E-state index < -0.39 is 10.0 Å². The van der Waals surface area contributed by atoms with Gasteiger partial charge in [0.2, 0.25) is 10.0 Å².